The van der Waals surface area contributed by atoms with E-state index in [0.717, 1.165) is 17.5 Å². The van der Waals surface area contributed by atoms with Crippen LogP contribution in [-0.2, 0) is 55.6 Å². The van der Waals surface area contributed by atoms with Crippen LogP contribution in [0.25, 0.3) is 0 Å². The third kappa shape index (κ3) is 24.1. The van der Waals surface area contributed by atoms with Gasteiger partial charge in [-0.25, -0.2) is 14.4 Å². The van der Waals surface area contributed by atoms with E-state index in [-0.39, 0.29) is 68.0 Å². The van der Waals surface area contributed by atoms with E-state index in [2.05, 4.69) is 16.0 Å². The fourth-order valence-electron chi connectivity index (χ4n) is 9.02. The van der Waals surface area contributed by atoms with Crippen LogP contribution in [0.2, 0.25) is 0 Å². The maximum absolute atomic E-state index is 13.2. The summed E-state index contributed by atoms with van der Waals surface area (Å²) in [6.45, 7) is 14.1. The van der Waals surface area contributed by atoms with Gasteiger partial charge in [-0.05, 0) is 97.2 Å². The lowest BCUT2D eigenvalue weighted by Gasteiger charge is -2.45. The molecular formula is C60H90N6O16S2. The van der Waals surface area contributed by atoms with Gasteiger partial charge in [0.25, 0.3) is 0 Å². The van der Waals surface area contributed by atoms with Crippen molar-refractivity contribution < 1.29 is 75.7 Å². The van der Waals surface area contributed by atoms with E-state index in [0.29, 0.717) is 88.1 Å². The maximum Gasteiger partial charge on any atom is 0.407 e. The third-order valence-corrected chi connectivity index (χ3v) is 17.0. The zero-order valence-corrected chi connectivity index (χ0v) is 50.9. The van der Waals surface area contributed by atoms with E-state index in [1.807, 2.05) is 102 Å². The van der Waals surface area contributed by atoms with Crippen molar-refractivity contribution in [2.75, 3.05) is 90.1 Å². The lowest BCUT2D eigenvalue weighted by atomic mass is 10.0. The quantitative estimate of drug-likeness (QED) is 0.00952. The molecule has 468 valence electrons. The van der Waals surface area contributed by atoms with Gasteiger partial charge in [-0.3, -0.25) is 23.0 Å². The topological polar surface area (TPSA) is 303 Å². The zero-order chi connectivity index (χ0) is 61.1. The first kappa shape index (κ1) is 69.2. The van der Waals surface area contributed by atoms with Crippen molar-refractivity contribution in [1.29, 1.82) is 0 Å². The molecule has 2 aliphatic rings. The van der Waals surface area contributed by atoms with Crippen molar-refractivity contribution in [1.82, 2.24) is 19.2 Å². The number of nitrogens with one attached hydrogen (secondary N) is 3. The number of alkyl carbamates (subject to hydrolysis) is 2. The molecule has 2 saturated heterocycles. The molecule has 4 aromatic rings. The van der Waals surface area contributed by atoms with Crippen LogP contribution < -0.4 is 21.7 Å². The first-order valence-electron chi connectivity index (χ1n) is 28.7. The number of anilines is 2. The predicted octanol–water partition coefficient (Wildman–Crippen LogP) is 9.24. The number of nitrogen functional groups attached to an aromatic ring is 1. The van der Waals surface area contributed by atoms with Gasteiger partial charge in [0.2, 0.25) is 5.91 Å². The summed E-state index contributed by atoms with van der Waals surface area (Å²) >= 11 is 0. The number of esters is 1. The summed E-state index contributed by atoms with van der Waals surface area (Å²) in [5.74, 6) is -0.905. The van der Waals surface area contributed by atoms with Crippen LogP contribution in [0.4, 0.5) is 21.0 Å². The number of amides is 3. The molecule has 0 radical (unpaired) electrons. The zero-order valence-electron chi connectivity index (χ0n) is 49.3. The Hall–Kier alpha value is -5.58. The van der Waals surface area contributed by atoms with Crippen molar-refractivity contribution in [3.8, 4) is 0 Å². The molecule has 2 fully saturated rings. The van der Waals surface area contributed by atoms with Crippen LogP contribution in [-0.4, -0.2) is 172 Å². The Balaban J connectivity index is 0.000000324. The normalized spacial score (nSPS) is 17.2. The molecule has 0 saturated carbocycles. The van der Waals surface area contributed by atoms with Gasteiger partial charge in [0.15, 0.2) is 0 Å². The Morgan fingerprint density at radius 1 is 0.619 bits per heavy atom. The molecule has 0 spiro atoms. The Kier molecular flexibility index (Phi) is 29.5. The maximum atomic E-state index is 13.2. The standard InChI is InChI=1S/C35H53N3O10S.C25H37N3O6S/c1-5-17-44-24-33(39)36-28-12-14-30(15-13-28)49(42,43)38(21-26(3)4)22-32(48-34(40)25-45-18-6-2)31(20-27-10-8-7-9-11-27)37-35(41)47-29-16-19-46-23-29;1-18(2)15-28(35(31,32)22-10-8-20(26)9-11-22)16-24(29)23(14-19-6-4-3-5-7-19)27-25(30)34-21-12-13-33-17-21/h7-15,26,29,31-32,42-43H,5-6,16-25H2,1-4H3,(H,36,39)(H,37,41);3-11,18,21,23-24,29,31-32H,12-17,26H2,1-2H3,(H,27,30)/t29-,31-,32+;21-,23-,24+/m00/s1. The van der Waals surface area contributed by atoms with Gasteiger partial charge in [-0.15, -0.1) is 21.6 Å². The van der Waals surface area contributed by atoms with Crippen LogP contribution >= 0.6 is 21.6 Å². The summed E-state index contributed by atoms with van der Waals surface area (Å²) in [4.78, 5) is 51.6. The van der Waals surface area contributed by atoms with Gasteiger partial charge in [0.05, 0.1) is 61.0 Å². The highest BCUT2D eigenvalue weighted by molar-refractivity contribution is 8.22. The smallest absolute Gasteiger partial charge is 0.407 e. The average molecular weight is 1220 g/mol. The van der Waals surface area contributed by atoms with E-state index in [9.17, 15) is 42.5 Å². The van der Waals surface area contributed by atoms with Crippen LogP contribution in [0, 0.1) is 11.8 Å². The average Bonchev–Trinajstić information content (AvgIpc) is 4.06. The van der Waals surface area contributed by atoms with Gasteiger partial charge in [0.1, 0.15) is 31.5 Å². The number of carbonyl (C=O) groups is 4. The second-order valence-electron chi connectivity index (χ2n) is 21.5. The highest BCUT2D eigenvalue weighted by Crippen LogP contribution is 2.53. The van der Waals surface area contributed by atoms with Crippen molar-refractivity contribution in [2.24, 2.45) is 11.8 Å². The van der Waals surface area contributed by atoms with Crippen molar-refractivity contribution in [2.45, 2.75) is 126 Å². The molecule has 10 N–H and O–H groups in total. The first-order chi connectivity index (χ1) is 40.2. The summed E-state index contributed by atoms with van der Waals surface area (Å²) in [5.41, 5.74) is 8.52. The highest BCUT2D eigenvalue weighted by Gasteiger charge is 2.37. The minimum atomic E-state index is -3.65. The number of hydrogen-bond acceptors (Lipinski definition) is 19. The fraction of sp³-hybridized carbons (Fsp3) is 0.533. The number of benzene rings is 4. The number of aliphatic hydroxyl groups excluding tert-OH is 1. The van der Waals surface area contributed by atoms with Crippen LogP contribution in [0.15, 0.2) is 119 Å². The number of nitrogens with zero attached hydrogens (tertiary/aromatic N) is 2. The summed E-state index contributed by atoms with van der Waals surface area (Å²) in [7, 11) is -7.06. The Morgan fingerprint density at radius 2 is 1.07 bits per heavy atom. The SMILES string of the molecule is CC(C)CN(C[C@@H](O)[C@H](Cc1ccccc1)NC(=O)O[C@H]1CCOC1)S(O)(O)c1ccc(N)cc1.CCCOCC(=O)Nc1ccc(S(O)(O)N(CC(C)C)C[C@@H](OC(=O)COCCC)[C@H](Cc2ccccc2)NC(=O)O[C@H]2CCOC2)cc1. The van der Waals surface area contributed by atoms with Crippen molar-refractivity contribution >= 4 is 57.0 Å². The summed E-state index contributed by atoms with van der Waals surface area (Å²) < 4.78 is 87.2. The largest absolute Gasteiger partial charge is 0.457 e. The Morgan fingerprint density at radius 3 is 1.54 bits per heavy atom. The second-order valence-corrected chi connectivity index (χ2v) is 25.6. The minimum absolute atomic E-state index is 0.0232. The van der Waals surface area contributed by atoms with Gasteiger partial charge in [0, 0.05) is 57.1 Å². The highest BCUT2D eigenvalue weighted by atomic mass is 32.3. The van der Waals surface area contributed by atoms with Gasteiger partial charge < -0.3 is 59.9 Å². The molecule has 6 atom stereocenters. The molecule has 0 aromatic heterocycles. The van der Waals surface area contributed by atoms with Crippen molar-refractivity contribution in [3.05, 3.63) is 120 Å². The van der Waals surface area contributed by atoms with Crippen LogP contribution in [0.1, 0.15) is 78.4 Å². The molecule has 24 heteroatoms. The van der Waals surface area contributed by atoms with Gasteiger partial charge in [-0.1, -0.05) is 102 Å². The predicted molar refractivity (Wildman–Crippen MR) is 325 cm³/mol. The number of aliphatic hydroxyl groups is 1. The molecule has 0 bridgehead atoms. The molecule has 3 amide bonds. The number of rotatable bonds is 32. The molecule has 0 unspecified atom stereocenters. The molecule has 84 heavy (non-hydrogen) atoms. The first-order valence-corrected chi connectivity index (χ1v) is 31.7. The summed E-state index contributed by atoms with van der Waals surface area (Å²) in [5, 5.41) is 19.7. The molecule has 0 aliphatic carbocycles. The van der Waals surface area contributed by atoms with E-state index in [1.54, 1.807) is 36.4 Å². The molecular weight excluding hydrogens is 1120 g/mol. The monoisotopic (exact) mass is 1210 g/mol. The third-order valence-electron chi connectivity index (χ3n) is 13.2. The number of ether oxygens (including phenoxy) is 7. The van der Waals surface area contributed by atoms with Gasteiger partial charge in [-0.2, -0.15) is 8.61 Å². The minimum Gasteiger partial charge on any atom is -0.457 e. The van der Waals surface area contributed by atoms with E-state index >= 15 is 0 Å². The van der Waals surface area contributed by atoms with Gasteiger partial charge >= 0.3 is 18.2 Å². The second kappa shape index (κ2) is 35.8. The molecule has 2 aliphatic heterocycles. The Bertz CT molecular complexity index is 2540. The van der Waals surface area contributed by atoms with E-state index in [4.69, 9.17) is 38.9 Å². The lowest BCUT2D eigenvalue weighted by Crippen LogP contribution is -2.52. The van der Waals surface area contributed by atoms with E-state index < -0.39 is 70.1 Å². The van der Waals surface area contributed by atoms with Crippen LogP contribution in [0.3, 0.4) is 0 Å². The van der Waals surface area contributed by atoms with Crippen molar-refractivity contribution in [3.63, 3.8) is 0 Å². The molecule has 2 heterocycles. The number of hydrogen-bond donors (Lipinski definition) is 9. The molecule has 6 rings (SSSR count). The number of nitrogens with two attached hydrogens (primary N) is 1. The van der Waals surface area contributed by atoms with Crippen LogP contribution in [0.5, 0.6) is 0 Å². The Labute approximate surface area is 498 Å². The lowest BCUT2D eigenvalue weighted by molar-refractivity contribution is -0.156. The fourth-order valence-corrected chi connectivity index (χ4v) is 12.3. The number of carbonyl (C=O) groups excluding carboxylic acids is 4. The molecule has 4 aromatic carbocycles. The summed E-state index contributed by atoms with van der Waals surface area (Å²) in [6, 6.07) is 29.9. The molecule has 22 nitrogen and oxygen atoms in total. The van der Waals surface area contributed by atoms with E-state index in [1.165, 1.54) is 20.7 Å². The summed E-state index contributed by atoms with van der Waals surface area (Å²) in [6.07, 6.45) is -0.900.